The summed E-state index contributed by atoms with van der Waals surface area (Å²) >= 11 is 1.37. The van der Waals surface area contributed by atoms with Crippen LogP contribution in [0.2, 0.25) is 0 Å². The number of anilines is 3. The van der Waals surface area contributed by atoms with Gasteiger partial charge in [-0.25, -0.2) is 44.0 Å². The number of ether oxygens (including phenoxy) is 3. The Bertz CT molecular complexity index is 2870. The molecule has 3 saturated heterocycles. The summed E-state index contributed by atoms with van der Waals surface area (Å²) in [4.78, 5) is 70.3. The van der Waals surface area contributed by atoms with Crippen molar-refractivity contribution in [2.75, 3.05) is 42.8 Å². The van der Waals surface area contributed by atoms with Crippen LogP contribution in [0.5, 0.6) is 0 Å². The average molecular weight is 968 g/mol. The number of nitrogens with one attached hydrogen (secondary N) is 1. The Balaban J connectivity index is 0.912. The Morgan fingerprint density at radius 1 is 0.769 bits per heavy atom. The largest absolute Gasteiger partial charge is 0.472 e. The molecule has 11 atom stereocenters. The van der Waals surface area contributed by atoms with E-state index in [2.05, 4.69) is 44.9 Å². The highest BCUT2D eigenvalue weighted by molar-refractivity contribution is 7.99. The van der Waals surface area contributed by atoms with Crippen molar-refractivity contribution in [3.8, 4) is 0 Å². The van der Waals surface area contributed by atoms with Gasteiger partial charge in [-0.05, 0) is 6.42 Å². The number of aromatic nitrogens is 12. The molecule has 0 radical (unpaired) electrons. The van der Waals surface area contributed by atoms with Crippen LogP contribution in [0.15, 0.2) is 35.3 Å². The summed E-state index contributed by atoms with van der Waals surface area (Å²) in [5, 5.41) is 21.4. The van der Waals surface area contributed by atoms with Gasteiger partial charge in [0.05, 0.1) is 38.6 Å². The lowest BCUT2D eigenvalue weighted by Gasteiger charge is -2.24. The molecule has 0 aromatic carbocycles. The summed E-state index contributed by atoms with van der Waals surface area (Å²) in [5.41, 5.74) is 18.4. The Morgan fingerprint density at radius 3 is 2.06 bits per heavy atom. The molecule has 6 aromatic rings. The molecule has 32 heteroatoms. The van der Waals surface area contributed by atoms with Crippen LogP contribution < -0.4 is 22.8 Å². The predicted molar refractivity (Wildman–Crippen MR) is 223 cm³/mol. The molecule has 3 aliphatic heterocycles. The molecule has 29 nitrogen and oxygen atoms in total. The van der Waals surface area contributed by atoms with E-state index in [9.17, 15) is 33.9 Å². The van der Waals surface area contributed by atoms with Crippen LogP contribution in [-0.4, -0.2) is 141 Å². The van der Waals surface area contributed by atoms with Crippen LogP contribution in [0.25, 0.3) is 33.5 Å². The number of aliphatic hydroxyl groups excluding tert-OH is 2. The molecule has 65 heavy (non-hydrogen) atoms. The van der Waals surface area contributed by atoms with E-state index in [1.165, 1.54) is 41.6 Å². The second kappa shape index (κ2) is 18.1. The van der Waals surface area contributed by atoms with Gasteiger partial charge in [0.25, 0.3) is 5.56 Å². The minimum atomic E-state index is -5.05. The maximum Gasteiger partial charge on any atom is 0.472 e. The lowest BCUT2D eigenvalue weighted by molar-refractivity contribution is -0.0609. The molecule has 0 saturated carbocycles. The molecule has 0 aliphatic carbocycles. The first-order valence-corrected chi connectivity index (χ1v) is 23.9. The normalized spacial score (nSPS) is 27.9. The van der Waals surface area contributed by atoms with Crippen molar-refractivity contribution in [1.29, 1.82) is 0 Å². The number of phosphoric acid groups is 2. The van der Waals surface area contributed by atoms with Crippen LogP contribution in [0.1, 0.15) is 51.3 Å². The molecule has 0 spiro atoms. The molecule has 9 heterocycles. The van der Waals surface area contributed by atoms with Crippen molar-refractivity contribution in [3.63, 3.8) is 0 Å². The number of nitrogens with two attached hydrogens (primary N) is 3. The van der Waals surface area contributed by atoms with E-state index in [-0.39, 0.29) is 59.2 Å². The van der Waals surface area contributed by atoms with Gasteiger partial charge in [-0.15, -0.1) is 0 Å². The van der Waals surface area contributed by atoms with E-state index in [4.69, 9.17) is 49.5 Å². The van der Waals surface area contributed by atoms with E-state index in [1.807, 2.05) is 6.92 Å². The summed E-state index contributed by atoms with van der Waals surface area (Å²) in [5.74, 6) is 0.693. The van der Waals surface area contributed by atoms with E-state index < -0.39 is 96.3 Å². The first-order chi connectivity index (χ1) is 31.1. The van der Waals surface area contributed by atoms with Gasteiger partial charge in [0.15, 0.2) is 44.8 Å². The number of nitrogen functional groups attached to an aromatic ring is 3. The molecule has 0 amide bonds. The minimum Gasteiger partial charge on any atom is -0.394 e. The van der Waals surface area contributed by atoms with Crippen LogP contribution >= 0.6 is 27.4 Å². The van der Waals surface area contributed by atoms with Crippen molar-refractivity contribution in [2.24, 2.45) is 0 Å². The van der Waals surface area contributed by atoms with Gasteiger partial charge in [-0.1, -0.05) is 18.7 Å². The fourth-order valence-corrected chi connectivity index (χ4v) is 10.5. The molecule has 6 aromatic heterocycles. The topological polar surface area (TPSA) is 409 Å². The third-order valence-corrected chi connectivity index (χ3v) is 13.9. The zero-order chi connectivity index (χ0) is 45.8. The number of hydrogen-bond acceptors (Lipinski definition) is 24. The van der Waals surface area contributed by atoms with Gasteiger partial charge in [0, 0.05) is 25.0 Å². The molecule has 9 rings (SSSR count). The van der Waals surface area contributed by atoms with Crippen LogP contribution in [-0.2, 0) is 41.4 Å². The van der Waals surface area contributed by atoms with E-state index in [0.717, 1.165) is 6.42 Å². The van der Waals surface area contributed by atoms with Gasteiger partial charge in [-0.2, -0.15) is 4.98 Å². The number of aromatic amines is 1. The van der Waals surface area contributed by atoms with E-state index >= 15 is 0 Å². The minimum absolute atomic E-state index is 0.0382. The highest BCUT2D eigenvalue weighted by Crippen LogP contribution is 2.52. The van der Waals surface area contributed by atoms with Crippen molar-refractivity contribution < 1.29 is 61.4 Å². The number of hydrogen-bond donors (Lipinski definition) is 8. The van der Waals surface area contributed by atoms with Crippen molar-refractivity contribution in [1.82, 2.24) is 58.6 Å². The lowest BCUT2D eigenvalue weighted by atomic mass is 10.2. The maximum absolute atomic E-state index is 13.7. The van der Waals surface area contributed by atoms with Gasteiger partial charge >= 0.3 is 15.6 Å². The predicted octanol–water partition coefficient (Wildman–Crippen LogP) is 0.268. The van der Waals surface area contributed by atoms with Gasteiger partial charge in [0.2, 0.25) is 5.95 Å². The second-order valence-corrected chi connectivity index (χ2v) is 18.9. The number of aliphatic hydroxyl groups is 2. The summed E-state index contributed by atoms with van der Waals surface area (Å²) in [6.45, 7) is -0.00667. The highest BCUT2D eigenvalue weighted by Gasteiger charge is 2.47. The van der Waals surface area contributed by atoms with Crippen LogP contribution in [0, 0.1) is 0 Å². The monoisotopic (exact) mass is 967 g/mol. The number of rotatable bonds is 17. The maximum atomic E-state index is 13.7. The lowest BCUT2D eigenvalue weighted by Crippen LogP contribution is -2.31. The molecule has 3 fully saturated rings. The Labute approximate surface area is 369 Å². The first kappa shape index (κ1) is 45.4. The summed E-state index contributed by atoms with van der Waals surface area (Å²) in [6.07, 6.45) is -4.38. The molecular weight excluding hydrogens is 924 g/mol. The van der Waals surface area contributed by atoms with Gasteiger partial charge < -0.3 is 51.4 Å². The summed E-state index contributed by atoms with van der Waals surface area (Å²) in [7, 11) is -10.1. The van der Waals surface area contributed by atoms with Crippen molar-refractivity contribution >= 4 is 78.5 Å². The average Bonchev–Trinajstić information content (AvgIpc) is 4.12. The first-order valence-electron chi connectivity index (χ1n) is 19.9. The number of fused-ring (bicyclic) bond motifs is 3. The second-order valence-electron chi connectivity index (χ2n) is 15.1. The molecule has 350 valence electrons. The number of thioether (sulfide) groups is 1. The standard InChI is InChI=1S/C33H43N15O14P2S/c1-2-3-65-33-43-24-27(35)38-11-40-29(24)48(33)22-6-16(62-63(52,53)56-8-18-14(50)4-20(59-18)46-12-41-23-26(34)37-10-39-28(23)46)19(60-22)9-57-64(54,55)61-15-5-21(58-17(15)7-49)47-13-42-25-30(47)44-32(36)45-31(25)51/h10-22,49-50H,2-9H2,1H3,(H,52,53)(H,54,55)(H2,34,37,39)(H2,35,38,40)(H3,36,44,45,51)/t14-,15-,16-,17+,18+,19+,20+,21+,22+/m0/s1. The van der Waals surface area contributed by atoms with Gasteiger partial charge in [-0.3, -0.25) is 41.6 Å². The van der Waals surface area contributed by atoms with E-state index in [0.29, 0.717) is 22.1 Å². The number of phosphoric ester groups is 2. The molecule has 11 N–H and O–H groups in total. The smallest absolute Gasteiger partial charge is 0.394 e. The van der Waals surface area contributed by atoms with Crippen LogP contribution in [0.4, 0.5) is 17.6 Å². The number of nitrogens with zero attached hydrogens (tertiary/aromatic N) is 11. The van der Waals surface area contributed by atoms with Gasteiger partial charge in [0.1, 0.15) is 67.4 Å². The third-order valence-electron chi connectivity index (χ3n) is 10.7. The SMILES string of the molecule is CCCSc1nc2c(N)ncnc2n1[C@H]1C[C@H](OP(=O)(O)OC[C@H]2O[C@@H](n3cnc4c(N)ncnc43)C[C@@H]2O)[C@@H](COP(=O)(O)O[C@H]2C[C@H](n3cnc4c(=O)[nH]c(N)nc43)O[C@@H]2CO)O1. The Kier molecular flexibility index (Phi) is 12.7. The van der Waals surface area contributed by atoms with E-state index in [1.54, 1.807) is 9.13 Å². The summed E-state index contributed by atoms with van der Waals surface area (Å²) in [6, 6.07) is 0. The fraction of sp³-hybridized carbons (Fsp3) is 0.545. The molecular formula is C33H43N15O14P2S. The molecule has 0 bridgehead atoms. The van der Waals surface area contributed by atoms with Crippen molar-refractivity contribution in [2.45, 2.75) is 93.1 Å². The van der Waals surface area contributed by atoms with Crippen molar-refractivity contribution in [3.05, 3.63) is 35.7 Å². The third kappa shape index (κ3) is 9.19. The molecule has 2 unspecified atom stereocenters. The Morgan fingerprint density at radius 2 is 1.35 bits per heavy atom. The highest BCUT2D eigenvalue weighted by atomic mass is 32.2. The fourth-order valence-electron chi connectivity index (χ4n) is 7.74. The molecule has 3 aliphatic rings. The zero-order valence-electron chi connectivity index (χ0n) is 34.0. The zero-order valence-corrected chi connectivity index (χ0v) is 36.6. The Hall–Kier alpha value is -4.78. The summed E-state index contributed by atoms with van der Waals surface area (Å²) < 4.78 is 72.0. The van der Waals surface area contributed by atoms with Crippen LogP contribution in [0.3, 0.4) is 0 Å². The quantitative estimate of drug-likeness (QED) is 0.0449. The number of imidazole rings is 3. The number of H-pyrrole nitrogens is 1.